The molecule has 0 radical (unpaired) electrons. The van der Waals surface area contributed by atoms with Gasteiger partial charge in [0.1, 0.15) is 22.8 Å². The summed E-state index contributed by atoms with van der Waals surface area (Å²) < 4.78 is 12.8. The van der Waals surface area contributed by atoms with Gasteiger partial charge < -0.3 is 24.7 Å². The van der Waals surface area contributed by atoms with Crippen molar-refractivity contribution in [3.8, 4) is 22.6 Å². The van der Waals surface area contributed by atoms with Crippen LogP contribution in [0.5, 0.6) is 11.5 Å². The van der Waals surface area contributed by atoms with E-state index in [9.17, 15) is 4.79 Å². The van der Waals surface area contributed by atoms with Crippen molar-refractivity contribution < 1.29 is 14.3 Å². The van der Waals surface area contributed by atoms with Crippen molar-refractivity contribution in [2.75, 3.05) is 24.9 Å². The Morgan fingerprint density at radius 1 is 1.10 bits per heavy atom. The lowest BCUT2D eigenvalue weighted by Gasteiger charge is -2.18. The quantitative estimate of drug-likeness (QED) is 0.229. The number of hydrogen-bond acceptors (Lipinski definition) is 7. The standard InChI is InChI=1S/C29H28Cl2N6O3/c1-8-33-28-18(24-25(30)21(39-6)11-22(40-7)26(24)31)9-17-13-34-23(10-20(17)37(28)5)36-27-16(4)12-32-14-19(27)35-29(38)15(2)3/h8-14H,1-2H2,3-7H3,(H,35,38)(H,32,34,36). The van der Waals surface area contributed by atoms with Gasteiger partial charge in [-0.3, -0.25) is 9.78 Å². The van der Waals surface area contributed by atoms with Gasteiger partial charge in [-0.25, -0.2) is 9.98 Å². The van der Waals surface area contributed by atoms with E-state index in [2.05, 4.69) is 38.8 Å². The number of nitrogens with one attached hydrogen (secondary N) is 2. The Bertz CT molecular complexity index is 1720. The number of aryl methyl sites for hydroxylation is 2. The molecule has 0 bridgehead atoms. The molecule has 0 saturated heterocycles. The average Bonchev–Trinajstić information content (AvgIpc) is 2.93. The van der Waals surface area contributed by atoms with Crippen LogP contribution in [0.2, 0.25) is 10.0 Å². The van der Waals surface area contributed by atoms with Gasteiger partial charge >= 0.3 is 0 Å². The van der Waals surface area contributed by atoms with Gasteiger partial charge in [-0.05, 0) is 25.5 Å². The van der Waals surface area contributed by atoms with Gasteiger partial charge in [0.05, 0.1) is 47.4 Å². The van der Waals surface area contributed by atoms with E-state index in [4.69, 9.17) is 32.7 Å². The van der Waals surface area contributed by atoms with Gasteiger partial charge in [0, 0.05) is 59.9 Å². The number of halogens is 2. The fourth-order valence-electron chi connectivity index (χ4n) is 4.17. The number of fused-ring (bicyclic) bond motifs is 1. The molecule has 3 heterocycles. The highest BCUT2D eigenvalue weighted by atomic mass is 35.5. The van der Waals surface area contributed by atoms with Crippen molar-refractivity contribution in [2.45, 2.75) is 13.8 Å². The molecule has 0 saturated carbocycles. The molecule has 0 aliphatic heterocycles. The Kier molecular flexibility index (Phi) is 8.46. The zero-order valence-electron chi connectivity index (χ0n) is 22.7. The smallest absolute Gasteiger partial charge is 0.250 e. The highest BCUT2D eigenvalue weighted by molar-refractivity contribution is 6.41. The van der Waals surface area contributed by atoms with Crippen molar-refractivity contribution in [3.05, 3.63) is 82.8 Å². The summed E-state index contributed by atoms with van der Waals surface area (Å²) in [5.41, 5.74) is 4.87. The highest BCUT2D eigenvalue weighted by Gasteiger charge is 2.22. The lowest BCUT2D eigenvalue weighted by molar-refractivity contribution is -0.112. The van der Waals surface area contributed by atoms with Crippen LogP contribution < -0.4 is 25.6 Å². The molecule has 1 amide bonds. The number of methoxy groups -OCH3 is 2. The van der Waals surface area contributed by atoms with Gasteiger partial charge in [-0.2, -0.15) is 0 Å². The summed E-state index contributed by atoms with van der Waals surface area (Å²) in [6.45, 7) is 11.0. The Balaban J connectivity index is 1.90. The number of pyridine rings is 3. The molecule has 11 heteroatoms. The van der Waals surface area contributed by atoms with Crippen molar-refractivity contribution in [2.24, 2.45) is 12.0 Å². The molecule has 1 aromatic carbocycles. The van der Waals surface area contributed by atoms with Crippen LogP contribution in [0.1, 0.15) is 12.5 Å². The first-order valence-electron chi connectivity index (χ1n) is 12.0. The van der Waals surface area contributed by atoms with E-state index in [-0.39, 0.29) is 5.91 Å². The van der Waals surface area contributed by atoms with Gasteiger partial charge in [-0.15, -0.1) is 0 Å². The summed E-state index contributed by atoms with van der Waals surface area (Å²) in [5.74, 6) is 1.05. The molecule has 3 aromatic heterocycles. The third-order valence-corrected chi connectivity index (χ3v) is 6.96. The SMILES string of the molecule is C=CN=c1c(-c2c(Cl)c(OC)cc(OC)c2Cl)cc2cnc(Nc3c(C)cncc3NC(=O)C(=C)C)cc2n1C. The minimum absolute atomic E-state index is 0.303. The summed E-state index contributed by atoms with van der Waals surface area (Å²) in [4.78, 5) is 25.6. The largest absolute Gasteiger partial charge is 0.495 e. The van der Waals surface area contributed by atoms with E-state index in [0.29, 0.717) is 60.9 Å². The number of hydrogen-bond donors (Lipinski definition) is 2. The van der Waals surface area contributed by atoms with Gasteiger partial charge in [0.2, 0.25) is 0 Å². The molecule has 4 aromatic rings. The summed E-state index contributed by atoms with van der Waals surface area (Å²) >= 11 is 13.5. The molecule has 0 fully saturated rings. The molecule has 9 nitrogen and oxygen atoms in total. The Labute approximate surface area is 241 Å². The summed E-state index contributed by atoms with van der Waals surface area (Å²) in [6, 6.07) is 5.41. The van der Waals surface area contributed by atoms with Crippen molar-refractivity contribution in [1.82, 2.24) is 14.5 Å². The molecular formula is C29H28Cl2N6O3. The number of benzene rings is 1. The summed E-state index contributed by atoms with van der Waals surface area (Å²) in [7, 11) is 4.91. The number of amides is 1. The molecule has 2 N–H and O–H groups in total. The first kappa shape index (κ1) is 28.7. The lowest BCUT2D eigenvalue weighted by Crippen LogP contribution is -2.21. The topological polar surface area (TPSA) is 103 Å². The van der Waals surface area contributed by atoms with Crippen molar-refractivity contribution in [3.63, 3.8) is 0 Å². The van der Waals surface area contributed by atoms with E-state index < -0.39 is 0 Å². The van der Waals surface area contributed by atoms with E-state index in [1.165, 1.54) is 20.4 Å². The van der Waals surface area contributed by atoms with Crippen LogP contribution in [0.4, 0.5) is 17.2 Å². The summed E-state index contributed by atoms with van der Waals surface area (Å²) in [6.07, 6.45) is 6.44. The van der Waals surface area contributed by atoms with Crippen molar-refractivity contribution >= 4 is 57.2 Å². The first-order valence-corrected chi connectivity index (χ1v) is 12.8. The van der Waals surface area contributed by atoms with Gasteiger partial charge in [0.25, 0.3) is 5.91 Å². The fraction of sp³-hybridized carbons (Fsp3) is 0.172. The van der Waals surface area contributed by atoms with Gasteiger partial charge in [0.15, 0.2) is 0 Å². The predicted molar refractivity (Wildman–Crippen MR) is 161 cm³/mol. The highest BCUT2D eigenvalue weighted by Crippen LogP contribution is 2.45. The van der Waals surface area contributed by atoms with Crippen LogP contribution in [0.3, 0.4) is 0 Å². The molecule has 206 valence electrons. The molecular weight excluding hydrogens is 551 g/mol. The Hall–Kier alpha value is -4.34. The van der Waals surface area contributed by atoms with Crippen LogP contribution in [-0.4, -0.2) is 34.7 Å². The van der Waals surface area contributed by atoms with E-state index in [1.54, 1.807) is 31.6 Å². The zero-order valence-corrected chi connectivity index (χ0v) is 24.2. The number of carbonyl (C=O) groups excluding carboxylic acids is 1. The van der Waals surface area contributed by atoms with E-state index >= 15 is 0 Å². The molecule has 0 aliphatic carbocycles. The maximum Gasteiger partial charge on any atom is 0.250 e. The van der Waals surface area contributed by atoms with Crippen molar-refractivity contribution in [1.29, 1.82) is 0 Å². The fourth-order valence-corrected chi connectivity index (χ4v) is 4.88. The minimum Gasteiger partial charge on any atom is -0.495 e. The lowest BCUT2D eigenvalue weighted by atomic mass is 10.0. The van der Waals surface area contributed by atoms with Crippen LogP contribution in [-0.2, 0) is 11.8 Å². The molecule has 4 rings (SSSR count). The van der Waals surface area contributed by atoms with Crippen LogP contribution in [0, 0.1) is 6.92 Å². The Morgan fingerprint density at radius 3 is 2.38 bits per heavy atom. The minimum atomic E-state index is -0.303. The third kappa shape index (κ3) is 5.38. The maximum atomic E-state index is 12.3. The number of rotatable bonds is 8. The third-order valence-electron chi connectivity index (χ3n) is 6.21. The maximum absolute atomic E-state index is 12.3. The zero-order chi connectivity index (χ0) is 29.1. The molecule has 0 spiro atoms. The molecule has 0 unspecified atom stereocenters. The van der Waals surface area contributed by atoms with Crippen LogP contribution in [0.25, 0.3) is 22.0 Å². The van der Waals surface area contributed by atoms with Gasteiger partial charge in [-0.1, -0.05) is 36.4 Å². The molecule has 40 heavy (non-hydrogen) atoms. The number of nitrogens with zero attached hydrogens (tertiary/aromatic N) is 4. The number of carbonyl (C=O) groups is 1. The second-order valence-electron chi connectivity index (χ2n) is 8.90. The predicted octanol–water partition coefficient (Wildman–Crippen LogP) is 6.57. The first-order chi connectivity index (χ1) is 19.1. The monoisotopic (exact) mass is 578 g/mol. The van der Waals surface area contributed by atoms with E-state index in [1.807, 2.05) is 30.7 Å². The normalized spacial score (nSPS) is 11.3. The van der Waals surface area contributed by atoms with Crippen LogP contribution in [0.15, 0.2) is 66.7 Å². The Morgan fingerprint density at radius 2 is 1.77 bits per heavy atom. The number of aromatic nitrogens is 3. The second-order valence-corrected chi connectivity index (χ2v) is 9.66. The average molecular weight is 579 g/mol. The molecule has 0 atom stereocenters. The summed E-state index contributed by atoms with van der Waals surface area (Å²) in [5, 5.41) is 7.57. The number of ether oxygens (including phenoxy) is 2. The van der Waals surface area contributed by atoms with E-state index in [0.717, 1.165) is 16.5 Å². The second kappa shape index (κ2) is 11.8. The van der Waals surface area contributed by atoms with Crippen LogP contribution >= 0.6 is 23.2 Å². The number of anilines is 3. The molecule has 0 aliphatic rings.